The number of aliphatic imine (C=N–C) groups is 4. The van der Waals surface area contributed by atoms with Crippen LogP contribution in [0.4, 0.5) is 0 Å². The molecule has 3 heterocycles. The molecular weight excluding hydrogens is 773 g/mol. The van der Waals surface area contributed by atoms with Crippen molar-refractivity contribution in [3.05, 3.63) is 252 Å². The van der Waals surface area contributed by atoms with Crippen LogP contribution in [0.2, 0.25) is 0 Å². The lowest BCUT2D eigenvalue weighted by Gasteiger charge is -2.25. The van der Waals surface area contributed by atoms with Gasteiger partial charge in [0.2, 0.25) is 0 Å². The third-order valence-corrected chi connectivity index (χ3v) is 11.3. The second-order valence-corrected chi connectivity index (χ2v) is 15.4. The zero-order valence-corrected chi connectivity index (χ0v) is 34.1. The van der Waals surface area contributed by atoms with Crippen molar-refractivity contribution in [1.82, 2.24) is 20.2 Å². The fourth-order valence-electron chi connectivity index (χ4n) is 8.20. The van der Waals surface area contributed by atoms with E-state index >= 15 is 0 Å². The van der Waals surface area contributed by atoms with Gasteiger partial charge in [-0.1, -0.05) is 170 Å². The molecule has 2 N–H and O–H groups in total. The zero-order valence-electron chi connectivity index (χ0n) is 34.1. The first-order valence-corrected chi connectivity index (χ1v) is 21.1. The van der Waals surface area contributed by atoms with Gasteiger partial charge in [0.05, 0.1) is 11.0 Å². The Morgan fingerprint density at radius 3 is 1.48 bits per heavy atom. The van der Waals surface area contributed by atoms with Gasteiger partial charge in [0.1, 0.15) is 29.8 Å². The van der Waals surface area contributed by atoms with Gasteiger partial charge in [0.25, 0.3) is 0 Å². The van der Waals surface area contributed by atoms with Gasteiger partial charge >= 0.3 is 0 Å². The van der Waals surface area contributed by atoms with Crippen molar-refractivity contribution in [3.63, 3.8) is 0 Å². The van der Waals surface area contributed by atoms with Crippen LogP contribution in [0.3, 0.4) is 0 Å². The van der Waals surface area contributed by atoms with E-state index in [-0.39, 0.29) is 12.3 Å². The third-order valence-electron chi connectivity index (χ3n) is 11.3. The van der Waals surface area contributed by atoms with Crippen LogP contribution in [-0.4, -0.2) is 32.9 Å². The smallest absolute Gasteiger partial charge is 0.159 e. The Morgan fingerprint density at radius 2 is 0.825 bits per heavy atom. The number of nitrogens with zero attached hydrogens (tertiary/aromatic N) is 6. The number of imidazole rings is 1. The summed E-state index contributed by atoms with van der Waals surface area (Å²) in [5.41, 5.74) is 11.7. The lowest BCUT2D eigenvalue weighted by molar-refractivity contribution is 0.673. The third kappa shape index (κ3) is 7.62. The Morgan fingerprint density at radius 1 is 0.365 bits per heavy atom. The van der Waals surface area contributed by atoms with Crippen molar-refractivity contribution in [2.24, 2.45) is 20.0 Å². The van der Waals surface area contributed by atoms with Crippen LogP contribution in [0.25, 0.3) is 39.2 Å². The highest BCUT2D eigenvalue weighted by Crippen LogP contribution is 2.34. The van der Waals surface area contributed by atoms with E-state index in [2.05, 4.69) is 149 Å². The van der Waals surface area contributed by atoms with Crippen LogP contribution in [0.5, 0.6) is 0 Å². The topological polar surface area (TPSA) is 91.3 Å². The zero-order chi connectivity index (χ0) is 42.0. The van der Waals surface area contributed by atoms with Crippen molar-refractivity contribution >= 4 is 34.4 Å². The Labute approximate surface area is 365 Å². The molecule has 0 fully saturated rings. The molecule has 2 aliphatic rings. The monoisotopic (exact) mass is 812 g/mol. The van der Waals surface area contributed by atoms with Crippen molar-refractivity contribution in [1.29, 1.82) is 0 Å². The number of amidine groups is 4. The van der Waals surface area contributed by atoms with Crippen molar-refractivity contribution in [3.8, 4) is 28.2 Å². The summed E-state index contributed by atoms with van der Waals surface area (Å²) in [7, 11) is 0. The van der Waals surface area contributed by atoms with Crippen LogP contribution < -0.4 is 10.6 Å². The molecule has 0 spiro atoms. The van der Waals surface area contributed by atoms with Gasteiger partial charge in [-0.2, -0.15) is 0 Å². The highest BCUT2D eigenvalue weighted by atomic mass is 15.2. The van der Waals surface area contributed by atoms with E-state index in [0.717, 1.165) is 78.5 Å². The second-order valence-electron chi connectivity index (χ2n) is 15.4. The number of para-hydroxylation sites is 3. The molecule has 1 aromatic heterocycles. The normalized spacial score (nSPS) is 15.9. The maximum Gasteiger partial charge on any atom is 0.159 e. The summed E-state index contributed by atoms with van der Waals surface area (Å²) in [6.07, 6.45) is -0.726. The number of rotatable bonds is 9. The van der Waals surface area contributed by atoms with Crippen LogP contribution >= 0.6 is 0 Å². The standard InChI is InChI=1S/C55H40N8/c1-6-19-37(20-7-1)49-57-50(38-21-8-2-9-22-38)60-53(59-49)44-34-43(35-45(36-44)54-61-51(39-23-10-3-11-24-39)58-52(62-54)40-25-12-4-13-26-40)41-27-18-28-42(33-41)55-56-47-31-16-17-32-48(47)63(55)46-29-14-5-15-30-46/h1-36,49,51H,(H,57,59,60)(H,58,61,62). The molecule has 0 saturated carbocycles. The van der Waals surface area contributed by atoms with Gasteiger partial charge in [0, 0.05) is 33.5 Å². The minimum atomic E-state index is -0.364. The highest BCUT2D eigenvalue weighted by Gasteiger charge is 2.25. The van der Waals surface area contributed by atoms with E-state index in [1.165, 1.54) is 0 Å². The molecule has 0 amide bonds. The molecule has 8 nitrogen and oxygen atoms in total. The molecular formula is C55H40N8. The van der Waals surface area contributed by atoms with E-state index in [4.69, 9.17) is 25.0 Å². The van der Waals surface area contributed by atoms with Gasteiger partial charge in [-0.25, -0.2) is 25.0 Å². The van der Waals surface area contributed by atoms with E-state index in [0.29, 0.717) is 17.5 Å². The number of aromatic nitrogens is 2. The van der Waals surface area contributed by atoms with E-state index < -0.39 is 0 Å². The predicted molar refractivity (Wildman–Crippen MR) is 256 cm³/mol. The summed E-state index contributed by atoms with van der Waals surface area (Å²) < 4.78 is 2.23. The summed E-state index contributed by atoms with van der Waals surface area (Å²) in [5, 5.41) is 7.32. The molecule has 2 unspecified atom stereocenters. The van der Waals surface area contributed by atoms with Gasteiger partial charge < -0.3 is 10.6 Å². The van der Waals surface area contributed by atoms with Gasteiger partial charge in [0.15, 0.2) is 11.7 Å². The quantitative estimate of drug-likeness (QED) is 0.152. The molecule has 2 atom stereocenters. The Hall–Kier alpha value is -8.49. The number of hydrogen-bond acceptors (Lipinski definition) is 7. The predicted octanol–water partition coefficient (Wildman–Crippen LogP) is 11.4. The summed E-state index contributed by atoms with van der Waals surface area (Å²) >= 11 is 0. The Bertz CT molecular complexity index is 3210. The number of nitrogens with one attached hydrogen (secondary N) is 2. The van der Waals surface area contributed by atoms with Crippen molar-refractivity contribution in [2.75, 3.05) is 0 Å². The molecule has 9 aromatic rings. The number of benzene rings is 8. The first-order valence-electron chi connectivity index (χ1n) is 21.1. The minimum absolute atomic E-state index is 0.361. The molecule has 2 aliphatic heterocycles. The molecule has 8 heteroatoms. The molecule has 0 aliphatic carbocycles. The van der Waals surface area contributed by atoms with E-state index in [9.17, 15) is 0 Å². The maximum atomic E-state index is 5.30. The Balaban J connectivity index is 1.10. The molecule has 0 bridgehead atoms. The Kier molecular flexibility index (Phi) is 9.83. The fourth-order valence-corrected chi connectivity index (χ4v) is 8.20. The van der Waals surface area contributed by atoms with Crippen molar-refractivity contribution in [2.45, 2.75) is 12.3 Å². The summed E-state index contributed by atoms with van der Waals surface area (Å²) in [4.78, 5) is 26.1. The van der Waals surface area contributed by atoms with E-state index in [1.807, 2.05) is 84.9 Å². The maximum absolute atomic E-state index is 5.30. The fraction of sp³-hybridized carbons (Fsp3) is 0.0364. The second kappa shape index (κ2) is 16.5. The lowest BCUT2D eigenvalue weighted by Crippen LogP contribution is -2.34. The lowest BCUT2D eigenvalue weighted by atomic mass is 9.96. The number of fused-ring (bicyclic) bond motifs is 1. The first kappa shape index (κ1) is 37.5. The van der Waals surface area contributed by atoms with Gasteiger partial charge in [-0.3, -0.25) is 4.57 Å². The van der Waals surface area contributed by atoms with Crippen LogP contribution in [0, 0.1) is 0 Å². The van der Waals surface area contributed by atoms with Crippen molar-refractivity contribution < 1.29 is 0 Å². The minimum Gasteiger partial charge on any atom is -0.344 e. The van der Waals surface area contributed by atoms with Crippen LogP contribution in [-0.2, 0) is 0 Å². The van der Waals surface area contributed by atoms with Gasteiger partial charge in [-0.15, -0.1) is 0 Å². The average Bonchev–Trinajstić information content (AvgIpc) is 3.77. The summed E-state index contributed by atoms with van der Waals surface area (Å²) in [6, 6.07) is 74.8. The van der Waals surface area contributed by atoms with Crippen LogP contribution in [0.15, 0.2) is 238 Å². The molecule has 11 rings (SSSR count). The molecule has 8 aromatic carbocycles. The SMILES string of the molecule is c1ccc(C2=NC(c3ccccc3)NC(c3cc(C4=NC(c5ccccc5)NC(c5ccccc5)=N4)cc(-c4cccc(-c5nc6ccccc6n5-c5ccccc5)c4)c3)=N2)cc1. The average molecular weight is 813 g/mol. The van der Waals surface area contributed by atoms with Crippen LogP contribution in [0.1, 0.15) is 45.7 Å². The molecule has 0 saturated heterocycles. The summed E-state index contributed by atoms with van der Waals surface area (Å²) in [6.45, 7) is 0. The largest absolute Gasteiger partial charge is 0.344 e. The molecule has 0 radical (unpaired) electrons. The number of hydrogen-bond donors (Lipinski definition) is 2. The highest BCUT2D eigenvalue weighted by molar-refractivity contribution is 6.16. The molecule has 63 heavy (non-hydrogen) atoms. The van der Waals surface area contributed by atoms with E-state index in [1.54, 1.807) is 0 Å². The molecule has 300 valence electrons. The van der Waals surface area contributed by atoms with Gasteiger partial charge in [-0.05, 0) is 70.8 Å². The first-order chi connectivity index (χ1) is 31.2. The summed E-state index contributed by atoms with van der Waals surface area (Å²) in [5.74, 6) is 3.57.